The largest absolute Gasteiger partial charge is 0.291 e. The van der Waals surface area contributed by atoms with Crippen LogP contribution in [0.3, 0.4) is 0 Å². The molecule has 0 radical (unpaired) electrons. The molecule has 4 saturated carbocycles. The molecule has 4 aliphatic carbocycles. The molecule has 0 N–H and O–H groups in total. The van der Waals surface area contributed by atoms with Gasteiger partial charge in [-0.25, -0.2) is 0 Å². The second-order valence-electron chi connectivity index (χ2n) is 7.89. The molecule has 2 atom stereocenters. The van der Waals surface area contributed by atoms with Crippen molar-refractivity contribution in [2.45, 2.75) is 108 Å². The van der Waals surface area contributed by atoms with Crippen molar-refractivity contribution >= 4 is 0 Å². The molecular formula is C18H31N. The molecule has 1 nitrogen and oxygen atoms in total. The lowest BCUT2D eigenvalue weighted by Gasteiger charge is -2.46. The van der Waals surface area contributed by atoms with Crippen LogP contribution in [0.15, 0.2) is 0 Å². The standard InChI is InChI=1S/C18H31N/c1-2-9-16(10-3-1)19(17-11-4-5-12-17)18-13-7-6-8-15(18)14-18/h15-17H,1-14H2. The van der Waals surface area contributed by atoms with Crippen LogP contribution in [0.4, 0.5) is 0 Å². The number of nitrogens with zero attached hydrogens (tertiary/aromatic N) is 1. The Labute approximate surface area is 119 Å². The van der Waals surface area contributed by atoms with E-state index in [2.05, 4.69) is 4.90 Å². The molecule has 0 amide bonds. The molecule has 0 spiro atoms. The fraction of sp³-hybridized carbons (Fsp3) is 1.00. The summed E-state index contributed by atoms with van der Waals surface area (Å²) in [7, 11) is 0. The Morgan fingerprint density at radius 3 is 1.84 bits per heavy atom. The van der Waals surface area contributed by atoms with E-state index in [1.54, 1.807) is 19.3 Å². The van der Waals surface area contributed by atoms with Gasteiger partial charge in [0.25, 0.3) is 0 Å². The highest BCUT2D eigenvalue weighted by Gasteiger charge is 2.60. The SMILES string of the molecule is C1CCC(N(C2CCCC2)C23CCCCC2C3)CC1. The molecule has 0 aliphatic heterocycles. The zero-order valence-corrected chi connectivity index (χ0v) is 12.6. The number of hydrogen-bond donors (Lipinski definition) is 0. The lowest BCUT2D eigenvalue weighted by atomic mass is 9.86. The van der Waals surface area contributed by atoms with E-state index >= 15 is 0 Å². The molecule has 2 unspecified atom stereocenters. The lowest BCUT2D eigenvalue weighted by molar-refractivity contribution is 0.0225. The van der Waals surface area contributed by atoms with Crippen molar-refractivity contribution in [3.05, 3.63) is 0 Å². The lowest BCUT2D eigenvalue weighted by Crippen LogP contribution is -2.52. The molecule has 0 aromatic heterocycles. The zero-order valence-electron chi connectivity index (χ0n) is 12.6. The van der Waals surface area contributed by atoms with Crippen LogP contribution in [0.25, 0.3) is 0 Å². The zero-order chi connectivity index (χ0) is 12.7. The molecule has 19 heavy (non-hydrogen) atoms. The molecule has 0 bridgehead atoms. The van der Waals surface area contributed by atoms with Crippen molar-refractivity contribution in [1.82, 2.24) is 4.90 Å². The van der Waals surface area contributed by atoms with Gasteiger partial charge in [-0.3, -0.25) is 4.90 Å². The van der Waals surface area contributed by atoms with Crippen LogP contribution in [0.2, 0.25) is 0 Å². The molecule has 4 fully saturated rings. The molecule has 0 saturated heterocycles. The summed E-state index contributed by atoms with van der Waals surface area (Å²) < 4.78 is 0. The van der Waals surface area contributed by atoms with E-state index in [0.717, 1.165) is 23.5 Å². The van der Waals surface area contributed by atoms with Gasteiger partial charge in [0.1, 0.15) is 0 Å². The fourth-order valence-corrected chi connectivity index (χ4v) is 5.88. The van der Waals surface area contributed by atoms with Crippen molar-refractivity contribution in [3.63, 3.8) is 0 Å². The van der Waals surface area contributed by atoms with Gasteiger partial charge in [-0.05, 0) is 50.9 Å². The highest BCUT2D eigenvalue weighted by Crippen LogP contribution is 2.60. The molecule has 4 rings (SSSR count). The minimum atomic E-state index is 0.718. The first-order valence-corrected chi connectivity index (χ1v) is 9.19. The normalized spacial score (nSPS) is 40.6. The molecule has 108 valence electrons. The van der Waals surface area contributed by atoms with Gasteiger partial charge >= 0.3 is 0 Å². The summed E-state index contributed by atoms with van der Waals surface area (Å²) in [5.74, 6) is 1.10. The van der Waals surface area contributed by atoms with Crippen LogP contribution in [-0.2, 0) is 0 Å². The van der Waals surface area contributed by atoms with Crippen LogP contribution in [0.1, 0.15) is 89.9 Å². The van der Waals surface area contributed by atoms with Crippen molar-refractivity contribution in [2.24, 2.45) is 5.92 Å². The average molecular weight is 261 g/mol. The third-order valence-corrected chi connectivity index (χ3v) is 6.81. The molecule has 0 heterocycles. The predicted octanol–water partition coefficient (Wildman–Crippen LogP) is 4.90. The first-order chi connectivity index (χ1) is 9.40. The molecule has 1 heteroatoms. The Balaban J connectivity index is 1.56. The summed E-state index contributed by atoms with van der Waals surface area (Å²) in [6.07, 6.45) is 21.3. The van der Waals surface area contributed by atoms with E-state index in [-0.39, 0.29) is 0 Å². The van der Waals surface area contributed by atoms with Crippen molar-refractivity contribution in [3.8, 4) is 0 Å². The van der Waals surface area contributed by atoms with Crippen LogP contribution in [-0.4, -0.2) is 22.5 Å². The van der Waals surface area contributed by atoms with E-state index in [9.17, 15) is 0 Å². The van der Waals surface area contributed by atoms with E-state index < -0.39 is 0 Å². The van der Waals surface area contributed by atoms with Gasteiger partial charge < -0.3 is 0 Å². The Hall–Kier alpha value is -0.0400. The third-order valence-electron chi connectivity index (χ3n) is 6.81. The highest BCUT2D eigenvalue weighted by atomic mass is 15.3. The maximum atomic E-state index is 3.16. The van der Waals surface area contributed by atoms with Gasteiger partial charge in [-0.2, -0.15) is 0 Å². The Morgan fingerprint density at radius 2 is 1.21 bits per heavy atom. The average Bonchev–Trinajstić information content (AvgIpc) is 2.96. The summed E-state index contributed by atoms with van der Waals surface area (Å²) in [5, 5.41) is 0. The minimum absolute atomic E-state index is 0.718. The Bertz CT molecular complexity index is 314. The van der Waals surface area contributed by atoms with Gasteiger partial charge in [0.2, 0.25) is 0 Å². The second-order valence-corrected chi connectivity index (χ2v) is 7.89. The van der Waals surface area contributed by atoms with Crippen LogP contribution >= 0.6 is 0 Å². The van der Waals surface area contributed by atoms with Crippen molar-refractivity contribution in [2.75, 3.05) is 0 Å². The van der Waals surface area contributed by atoms with Gasteiger partial charge in [-0.1, -0.05) is 44.9 Å². The van der Waals surface area contributed by atoms with E-state index in [4.69, 9.17) is 0 Å². The summed E-state index contributed by atoms with van der Waals surface area (Å²) in [5.41, 5.74) is 0.718. The third kappa shape index (κ3) is 2.17. The maximum absolute atomic E-state index is 3.16. The Kier molecular flexibility index (Phi) is 3.38. The number of fused-ring (bicyclic) bond motifs is 1. The summed E-state index contributed by atoms with van der Waals surface area (Å²) >= 11 is 0. The van der Waals surface area contributed by atoms with Crippen molar-refractivity contribution in [1.29, 1.82) is 0 Å². The Morgan fingerprint density at radius 1 is 0.632 bits per heavy atom. The summed E-state index contributed by atoms with van der Waals surface area (Å²) in [6, 6.07) is 1.95. The second kappa shape index (κ2) is 5.06. The predicted molar refractivity (Wildman–Crippen MR) is 80.3 cm³/mol. The van der Waals surface area contributed by atoms with Crippen LogP contribution in [0, 0.1) is 5.92 Å². The number of rotatable bonds is 3. The fourth-order valence-electron chi connectivity index (χ4n) is 5.88. The van der Waals surface area contributed by atoms with Gasteiger partial charge in [0.05, 0.1) is 0 Å². The maximum Gasteiger partial charge on any atom is 0.0247 e. The van der Waals surface area contributed by atoms with Crippen molar-refractivity contribution < 1.29 is 0 Å². The van der Waals surface area contributed by atoms with Crippen LogP contribution in [0.5, 0.6) is 0 Å². The highest BCUT2D eigenvalue weighted by molar-refractivity contribution is 5.16. The smallest absolute Gasteiger partial charge is 0.0247 e. The molecule has 0 aromatic rings. The minimum Gasteiger partial charge on any atom is -0.291 e. The molecule has 0 aromatic carbocycles. The van der Waals surface area contributed by atoms with Crippen LogP contribution < -0.4 is 0 Å². The van der Waals surface area contributed by atoms with Gasteiger partial charge in [0, 0.05) is 17.6 Å². The summed E-state index contributed by atoms with van der Waals surface area (Å²) in [6.45, 7) is 0. The monoisotopic (exact) mass is 261 g/mol. The van der Waals surface area contributed by atoms with Gasteiger partial charge in [0.15, 0.2) is 0 Å². The quantitative estimate of drug-likeness (QED) is 0.698. The summed E-state index contributed by atoms with van der Waals surface area (Å²) in [4.78, 5) is 3.16. The van der Waals surface area contributed by atoms with Gasteiger partial charge in [-0.15, -0.1) is 0 Å². The van der Waals surface area contributed by atoms with E-state index in [0.29, 0.717) is 0 Å². The molecule has 4 aliphatic rings. The first-order valence-electron chi connectivity index (χ1n) is 9.19. The van der Waals surface area contributed by atoms with E-state index in [1.807, 2.05) is 0 Å². The molecular weight excluding hydrogens is 230 g/mol. The number of hydrogen-bond acceptors (Lipinski definition) is 1. The first kappa shape index (κ1) is 12.7. The van der Waals surface area contributed by atoms with E-state index in [1.165, 1.54) is 70.6 Å². The topological polar surface area (TPSA) is 3.24 Å².